The number of nitrogens with zero attached hydrogens (tertiary/aromatic N) is 2. The summed E-state index contributed by atoms with van der Waals surface area (Å²) in [6.07, 6.45) is 2.33. The van der Waals surface area contributed by atoms with E-state index >= 15 is 0 Å². The second kappa shape index (κ2) is 5.96. The molecule has 1 aliphatic heterocycles. The lowest BCUT2D eigenvalue weighted by molar-refractivity contribution is 0.0934. The summed E-state index contributed by atoms with van der Waals surface area (Å²) in [7, 11) is 2.14. The lowest BCUT2D eigenvalue weighted by atomic mass is 9.97. The van der Waals surface area contributed by atoms with Gasteiger partial charge in [-0.15, -0.1) is 0 Å². The summed E-state index contributed by atoms with van der Waals surface area (Å²) < 4.78 is 0. The molecule has 1 aromatic heterocycles. The topological polar surface area (TPSA) is 45.2 Å². The predicted octanol–water partition coefficient (Wildman–Crippen LogP) is 1.46. The van der Waals surface area contributed by atoms with Gasteiger partial charge in [-0.2, -0.15) is 0 Å². The zero-order valence-corrected chi connectivity index (χ0v) is 11.1. The van der Waals surface area contributed by atoms with Gasteiger partial charge < -0.3 is 10.2 Å². The molecule has 2 rings (SSSR count). The number of piperidine rings is 1. The van der Waals surface area contributed by atoms with Crippen LogP contribution in [0.3, 0.4) is 0 Å². The molecule has 0 spiro atoms. The summed E-state index contributed by atoms with van der Waals surface area (Å²) in [4.78, 5) is 18.5. The van der Waals surface area contributed by atoms with E-state index in [2.05, 4.69) is 22.2 Å². The number of nitrogens with one attached hydrogen (secondary N) is 1. The van der Waals surface area contributed by atoms with Crippen molar-refractivity contribution < 1.29 is 4.79 Å². The average Bonchev–Trinajstić information content (AvgIpc) is 2.38. The molecule has 1 amide bonds. The van der Waals surface area contributed by atoms with E-state index in [1.165, 1.54) is 0 Å². The second-order valence-corrected chi connectivity index (χ2v) is 5.12. The SMILES string of the molecule is Cc1cccc(C(=O)NCC2CCN(C)CC2)n1. The highest BCUT2D eigenvalue weighted by Gasteiger charge is 2.17. The van der Waals surface area contributed by atoms with Crippen LogP contribution in [-0.4, -0.2) is 42.5 Å². The lowest BCUT2D eigenvalue weighted by Gasteiger charge is -2.28. The first-order valence-corrected chi connectivity index (χ1v) is 6.55. The predicted molar refractivity (Wildman–Crippen MR) is 71.5 cm³/mol. The van der Waals surface area contributed by atoms with Gasteiger partial charge in [0.2, 0.25) is 0 Å². The molecule has 4 nitrogen and oxygen atoms in total. The van der Waals surface area contributed by atoms with E-state index in [0.717, 1.165) is 38.2 Å². The Morgan fingerprint density at radius 3 is 2.83 bits per heavy atom. The third-order valence-corrected chi connectivity index (χ3v) is 3.51. The smallest absolute Gasteiger partial charge is 0.269 e. The minimum Gasteiger partial charge on any atom is -0.350 e. The fourth-order valence-electron chi connectivity index (χ4n) is 2.26. The van der Waals surface area contributed by atoms with E-state index < -0.39 is 0 Å². The summed E-state index contributed by atoms with van der Waals surface area (Å²) in [5.74, 6) is 0.549. The molecular weight excluding hydrogens is 226 g/mol. The van der Waals surface area contributed by atoms with Crippen molar-refractivity contribution in [1.82, 2.24) is 15.2 Å². The van der Waals surface area contributed by atoms with Crippen LogP contribution >= 0.6 is 0 Å². The Labute approximate surface area is 108 Å². The first-order valence-electron chi connectivity index (χ1n) is 6.55. The number of hydrogen-bond acceptors (Lipinski definition) is 3. The minimum absolute atomic E-state index is 0.0578. The van der Waals surface area contributed by atoms with Crippen molar-refractivity contribution in [2.24, 2.45) is 5.92 Å². The van der Waals surface area contributed by atoms with Gasteiger partial charge in [0, 0.05) is 12.2 Å². The zero-order chi connectivity index (χ0) is 13.0. The van der Waals surface area contributed by atoms with E-state index in [9.17, 15) is 4.79 Å². The average molecular weight is 247 g/mol. The van der Waals surface area contributed by atoms with Crippen LogP contribution in [0.1, 0.15) is 29.0 Å². The first-order chi connectivity index (χ1) is 8.65. The standard InChI is InChI=1S/C14H21N3O/c1-11-4-3-5-13(16-11)14(18)15-10-12-6-8-17(2)9-7-12/h3-5,12H,6-10H2,1-2H3,(H,15,18). The normalized spacial score (nSPS) is 17.7. The molecule has 2 heterocycles. The van der Waals surface area contributed by atoms with Gasteiger partial charge in [0.1, 0.15) is 5.69 Å². The van der Waals surface area contributed by atoms with E-state index in [-0.39, 0.29) is 5.91 Å². The van der Waals surface area contributed by atoms with Gasteiger partial charge in [-0.05, 0) is 58.0 Å². The number of aryl methyl sites for hydroxylation is 1. The molecule has 0 aliphatic carbocycles. The van der Waals surface area contributed by atoms with Gasteiger partial charge >= 0.3 is 0 Å². The number of rotatable bonds is 3. The number of carbonyl (C=O) groups excluding carboxylic acids is 1. The number of aromatic nitrogens is 1. The number of amides is 1. The van der Waals surface area contributed by atoms with E-state index in [4.69, 9.17) is 0 Å². The molecule has 0 radical (unpaired) electrons. The van der Waals surface area contributed by atoms with Crippen LogP contribution < -0.4 is 5.32 Å². The van der Waals surface area contributed by atoms with Crippen molar-refractivity contribution in [1.29, 1.82) is 0 Å². The third kappa shape index (κ3) is 3.53. The Morgan fingerprint density at radius 1 is 1.44 bits per heavy atom. The van der Waals surface area contributed by atoms with Crippen molar-refractivity contribution in [2.75, 3.05) is 26.7 Å². The van der Waals surface area contributed by atoms with Gasteiger partial charge in [0.05, 0.1) is 0 Å². The largest absolute Gasteiger partial charge is 0.350 e. The zero-order valence-electron chi connectivity index (χ0n) is 11.1. The molecule has 0 atom stereocenters. The fourth-order valence-corrected chi connectivity index (χ4v) is 2.26. The van der Waals surface area contributed by atoms with Gasteiger partial charge in [-0.25, -0.2) is 4.98 Å². The van der Waals surface area contributed by atoms with Crippen LogP contribution in [0, 0.1) is 12.8 Å². The molecule has 0 saturated carbocycles. The highest BCUT2D eigenvalue weighted by atomic mass is 16.1. The first kappa shape index (κ1) is 13.0. The minimum atomic E-state index is -0.0578. The molecule has 4 heteroatoms. The summed E-state index contributed by atoms with van der Waals surface area (Å²) in [5.41, 5.74) is 1.39. The van der Waals surface area contributed by atoms with Crippen LogP contribution in [0.25, 0.3) is 0 Å². The highest BCUT2D eigenvalue weighted by molar-refractivity contribution is 5.92. The lowest BCUT2D eigenvalue weighted by Crippen LogP contribution is -2.37. The Hall–Kier alpha value is -1.42. The van der Waals surface area contributed by atoms with Gasteiger partial charge in [0.15, 0.2) is 0 Å². The van der Waals surface area contributed by atoms with Crippen molar-refractivity contribution in [3.05, 3.63) is 29.6 Å². The van der Waals surface area contributed by atoms with E-state index in [1.54, 1.807) is 6.07 Å². The number of pyridine rings is 1. The monoisotopic (exact) mass is 247 g/mol. The van der Waals surface area contributed by atoms with Crippen LogP contribution in [-0.2, 0) is 0 Å². The van der Waals surface area contributed by atoms with Gasteiger partial charge in [-0.1, -0.05) is 6.07 Å². The van der Waals surface area contributed by atoms with Crippen molar-refractivity contribution in [2.45, 2.75) is 19.8 Å². The molecule has 18 heavy (non-hydrogen) atoms. The maximum Gasteiger partial charge on any atom is 0.269 e. The molecule has 1 aromatic rings. The van der Waals surface area contributed by atoms with Gasteiger partial charge in [-0.3, -0.25) is 4.79 Å². The summed E-state index contributed by atoms with van der Waals surface area (Å²) in [5, 5.41) is 2.99. The molecule has 1 aliphatic rings. The Balaban J connectivity index is 1.81. The van der Waals surface area contributed by atoms with Crippen LogP contribution in [0.4, 0.5) is 0 Å². The summed E-state index contributed by atoms with van der Waals surface area (Å²) in [6.45, 7) is 4.92. The van der Waals surface area contributed by atoms with Gasteiger partial charge in [0.25, 0.3) is 5.91 Å². The quantitative estimate of drug-likeness (QED) is 0.879. The maximum absolute atomic E-state index is 11.9. The molecule has 0 aromatic carbocycles. The third-order valence-electron chi connectivity index (χ3n) is 3.51. The summed E-state index contributed by atoms with van der Waals surface area (Å²) in [6, 6.07) is 5.53. The molecule has 1 saturated heterocycles. The molecule has 0 unspecified atom stereocenters. The molecule has 1 fully saturated rings. The molecule has 0 bridgehead atoms. The molecular formula is C14H21N3O. The second-order valence-electron chi connectivity index (χ2n) is 5.12. The van der Waals surface area contributed by atoms with Crippen molar-refractivity contribution in [3.8, 4) is 0 Å². The van der Waals surface area contributed by atoms with E-state index in [1.807, 2.05) is 19.1 Å². The van der Waals surface area contributed by atoms with Crippen molar-refractivity contribution >= 4 is 5.91 Å². The Bertz CT molecular complexity index is 411. The number of hydrogen-bond donors (Lipinski definition) is 1. The number of likely N-dealkylation sites (tertiary alicyclic amines) is 1. The van der Waals surface area contributed by atoms with Crippen LogP contribution in [0.15, 0.2) is 18.2 Å². The number of carbonyl (C=O) groups is 1. The fraction of sp³-hybridized carbons (Fsp3) is 0.571. The van der Waals surface area contributed by atoms with Crippen LogP contribution in [0.2, 0.25) is 0 Å². The van der Waals surface area contributed by atoms with Crippen LogP contribution in [0.5, 0.6) is 0 Å². The van der Waals surface area contributed by atoms with E-state index in [0.29, 0.717) is 11.6 Å². The Morgan fingerprint density at radius 2 is 2.17 bits per heavy atom. The highest BCUT2D eigenvalue weighted by Crippen LogP contribution is 2.14. The molecule has 1 N–H and O–H groups in total. The maximum atomic E-state index is 11.9. The van der Waals surface area contributed by atoms with Crippen molar-refractivity contribution in [3.63, 3.8) is 0 Å². The molecule has 98 valence electrons. The summed E-state index contributed by atoms with van der Waals surface area (Å²) >= 11 is 0. The Kier molecular flexibility index (Phi) is 4.31.